The van der Waals surface area contributed by atoms with Crippen molar-refractivity contribution in [2.45, 2.75) is 13.5 Å². The maximum absolute atomic E-state index is 12.9. The van der Waals surface area contributed by atoms with Gasteiger partial charge in [0.1, 0.15) is 23.8 Å². The van der Waals surface area contributed by atoms with Crippen molar-refractivity contribution in [3.8, 4) is 17.5 Å². The fourth-order valence-corrected chi connectivity index (χ4v) is 3.45. The van der Waals surface area contributed by atoms with Crippen molar-refractivity contribution in [2.75, 3.05) is 5.32 Å². The van der Waals surface area contributed by atoms with E-state index in [9.17, 15) is 4.79 Å². The first kappa shape index (κ1) is 21.1. The second kappa shape index (κ2) is 9.41. The molecule has 3 heterocycles. The molecule has 3 aromatic heterocycles. The smallest absolute Gasteiger partial charge is 0.321 e. The summed E-state index contributed by atoms with van der Waals surface area (Å²) >= 11 is 0. The molecule has 0 unspecified atom stereocenters. The van der Waals surface area contributed by atoms with Gasteiger partial charge in [-0.3, -0.25) is 4.79 Å². The van der Waals surface area contributed by atoms with E-state index in [0.29, 0.717) is 22.7 Å². The average molecular weight is 451 g/mol. The number of anilines is 1. The molecular weight excluding hydrogens is 430 g/mol. The number of pyridine rings is 1. The lowest BCUT2D eigenvalue weighted by Crippen LogP contribution is -2.13. The molecule has 0 spiro atoms. The predicted molar refractivity (Wildman–Crippen MR) is 127 cm³/mol. The summed E-state index contributed by atoms with van der Waals surface area (Å²) in [5.74, 6) is 0.770. The van der Waals surface area contributed by atoms with Crippen molar-refractivity contribution in [3.05, 3.63) is 108 Å². The Bertz CT molecular complexity index is 1430. The van der Waals surface area contributed by atoms with Gasteiger partial charge in [-0.25, -0.2) is 15.0 Å². The lowest BCUT2D eigenvalue weighted by Gasteiger charge is -2.11. The molecule has 1 amide bonds. The van der Waals surface area contributed by atoms with Crippen LogP contribution in [0.3, 0.4) is 0 Å². The third kappa shape index (κ3) is 4.71. The Hall–Kier alpha value is -4.72. The van der Waals surface area contributed by atoms with E-state index < -0.39 is 0 Å². The standard InChI is InChI=1S/C26H21N5O3/c1-18-6-4-15-31-16-20(29-24(18)31)17-33-23-8-3-2-7-22(23)25(32)30-19-9-11-21(12-10-19)34-26-27-13-5-14-28-26/h2-16H,17H2,1H3,(H,30,32). The van der Waals surface area contributed by atoms with Crippen LogP contribution in [-0.4, -0.2) is 25.3 Å². The zero-order chi connectivity index (χ0) is 23.3. The minimum atomic E-state index is -0.276. The van der Waals surface area contributed by atoms with Crippen LogP contribution >= 0.6 is 0 Å². The normalized spacial score (nSPS) is 10.7. The molecule has 0 aliphatic carbocycles. The van der Waals surface area contributed by atoms with Gasteiger partial charge in [-0.2, -0.15) is 0 Å². The number of carbonyl (C=O) groups is 1. The first-order valence-electron chi connectivity index (χ1n) is 10.7. The van der Waals surface area contributed by atoms with Crippen molar-refractivity contribution >= 4 is 17.2 Å². The molecule has 168 valence electrons. The average Bonchev–Trinajstić information content (AvgIpc) is 3.29. The summed E-state index contributed by atoms with van der Waals surface area (Å²) in [6.45, 7) is 2.26. The number of ether oxygens (including phenoxy) is 2. The van der Waals surface area contributed by atoms with Gasteiger partial charge in [0, 0.05) is 30.5 Å². The molecule has 34 heavy (non-hydrogen) atoms. The summed E-state index contributed by atoms with van der Waals surface area (Å²) in [6.07, 6.45) is 7.08. The highest BCUT2D eigenvalue weighted by molar-refractivity contribution is 6.06. The lowest BCUT2D eigenvalue weighted by atomic mass is 10.2. The minimum Gasteiger partial charge on any atom is -0.486 e. The number of aromatic nitrogens is 4. The van der Waals surface area contributed by atoms with Gasteiger partial charge in [0.05, 0.1) is 11.3 Å². The number of rotatable bonds is 7. The zero-order valence-electron chi connectivity index (χ0n) is 18.4. The molecule has 0 radical (unpaired) electrons. The summed E-state index contributed by atoms with van der Waals surface area (Å²) in [5.41, 5.74) is 3.81. The SMILES string of the molecule is Cc1cccn2cc(COc3ccccc3C(=O)Nc3ccc(Oc4ncccn4)cc3)nc12. The lowest BCUT2D eigenvalue weighted by molar-refractivity contribution is 0.102. The number of nitrogens with zero attached hydrogens (tertiary/aromatic N) is 4. The molecule has 8 heteroatoms. The third-order valence-electron chi connectivity index (χ3n) is 5.10. The molecule has 0 atom stereocenters. The third-order valence-corrected chi connectivity index (χ3v) is 5.10. The van der Waals surface area contributed by atoms with Crippen LogP contribution in [0.25, 0.3) is 5.65 Å². The largest absolute Gasteiger partial charge is 0.486 e. The number of nitrogens with one attached hydrogen (secondary N) is 1. The monoisotopic (exact) mass is 451 g/mol. The van der Waals surface area contributed by atoms with E-state index in [1.54, 1.807) is 60.9 Å². The number of aryl methyl sites for hydroxylation is 1. The number of hydrogen-bond acceptors (Lipinski definition) is 6. The van der Waals surface area contributed by atoms with E-state index in [1.165, 1.54) is 0 Å². The Morgan fingerprint density at radius 1 is 0.971 bits per heavy atom. The number of amides is 1. The molecule has 0 saturated carbocycles. The van der Waals surface area contributed by atoms with Gasteiger partial charge >= 0.3 is 6.01 Å². The molecule has 5 rings (SSSR count). The molecule has 0 saturated heterocycles. The van der Waals surface area contributed by atoms with Gasteiger partial charge in [-0.05, 0) is 61.0 Å². The van der Waals surface area contributed by atoms with Crippen molar-refractivity contribution < 1.29 is 14.3 Å². The van der Waals surface area contributed by atoms with Crippen molar-refractivity contribution in [1.82, 2.24) is 19.4 Å². The molecule has 2 aromatic carbocycles. The van der Waals surface area contributed by atoms with Crippen molar-refractivity contribution in [2.24, 2.45) is 0 Å². The number of benzene rings is 2. The van der Waals surface area contributed by atoms with Crippen molar-refractivity contribution in [3.63, 3.8) is 0 Å². The maximum Gasteiger partial charge on any atom is 0.321 e. The molecule has 0 aliphatic rings. The Morgan fingerprint density at radius 2 is 1.76 bits per heavy atom. The van der Waals surface area contributed by atoms with Gasteiger partial charge in [0.2, 0.25) is 0 Å². The molecule has 0 fully saturated rings. The highest BCUT2D eigenvalue weighted by Gasteiger charge is 2.14. The summed E-state index contributed by atoms with van der Waals surface area (Å²) in [7, 11) is 0. The highest BCUT2D eigenvalue weighted by atomic mass is 16.5. The summed E-state index contributed by atoms with van der Waals surface area (Å²) < 4.78 is 13.5. The number of para-hydroxylation sites is 1. The molecule has 0 bridgehead atoms. The zero-order valence-corrected chi connectivity index (χ0v) is 18.4. The van der Waals surface area contributed by atoms with E-state index >= 15 is 0 Å². The van der Waals surface area contributed by atoms with Crippen LogP contribution in [-0.2, 0) is 6.61 Å². The number of fused-ring (bicyclic) bond motifs is 1. The second-order valence-corrected chi connectivity index (χ2v) is 7.55. The molecular formula is C26H21N5O3. The van der Waals surface area contributed by atoms with Crippen LogP contribution in [0.15, 0.2) is 91.5 Å². The van der Waals surface area contributed by atoms with Crippen LogP contribution in [0.4, 0.5) is 5.69 Å². The quantitative estimate of drug-likeness (QED) is 0.372. The molecule has 8 nitrogen and oxygen atoms in total. The Balaban J connectivity index is 1.26. The second-order valence-electron chi connectivity index (χ2n) is 7.55. The fraction of sp³-hybridized carbons (Fsp3) is 0.0769. The summed E-state index contributed by atoms with van der Waals surface area (Å²) in [6, 6.07) is 20.1. The minimum absolute atomic E-state index is 0.249. The highest BCUT2D eigenvalue weighted by Crippen LogP contribution is 2.23. The van der Waals surface area contributed by atoms with E-state index in [4.69, 9.17) is 9.47 Å². The van der Waals surface area contributed by atoms with Gasteiger partial charge in [-0.1, -0.05) is 18.2 Å². The van der Waals surface area contributed by atoms with Gasteiger partial charge in [0.15, 0.2) is 0 Å². The van der Waals surface area contributed by atoms with E-state index in [2.05, 4.69) is 20.3 Å². The molecule has 1 N–H and O–H groups in total. The van der Waals surface area contributed by atoms with E-state index in [1.807, 2.05) is 41.9 Å². The fourth-order valence-electron chi connectivity index (χ4n) is 3.45. The Labute approximate surface area is 195 Å². The van der Waals surface area contributed by atoms with Gasteiger partial charge in [-0.15, -0.1) is 0 Å². The number of hydrogen-bond donors (Lipinski definition) is 1. The van der Waals surface area contributed by atoms with Crippen LogP contribution < -0.4 is 14.8 Å². The first-order valence-corrected chi connectivity index (χ1v) is 10.7. The van der Waals surface area contributed by atoms with Crippen LogP contribution in [0.2, 0.25) is 0 Å². The molecule has 0 aliphatic heterocycles. The summed E-state index contributed by atoms with van der Waals surface area (Å²) in [5, 5.41) is 2.89. The topological polar surface area (TPSA) is 90.6 Å². The Morgan fingerprint density at radius 3 is 2.56 bits per heavy atom. The van der Waals surface area contributed by atoms with Crippen LogP contribution in [0.1, 0.15) is 21.6 Å². The summed E-state index contributed by atoms with van der Waals surface area (Å²) in [4.78, 5) is 25.6. The van der Waals surface area contributed by atoms with E-state index in [-0.39, 0.29) is 18.5 Å². The van der Waals surface area contributed by atoms with Gasteiger partial charge < -0.3 is 19.2 Å². The number of imidazole rings is 1. The van der Waals surface area contributed by atoms with Crippen LogP contribution in [0.5, 0.6) is 17.5 Å². The Kier molecular flexibility index (Phi) is 5.85. The number of carbonyl (C=O) groups excluding carboxylic acids is 1. The predicted octanol–water partition coefficient (Wildman–Crippen LogP) is 5.06. The van der Waals surface area contributed by atoms with Gasteiger partial charge in [0.25, 0.3) is 5.91 Å². The maximum atomic E-state index is 12.9. The molecule has 5 aromatic rings. The van der Waals surface area contributed by atoms with Crippen molar-refractivity contribution in [1.29, 1.82) is 0 Å². The van der Waals surface area contributed by atoms with Crippen LogP contribution in [0, 0.1) is 6.92 Å². The first-order chi connectivity index (χ1) is 16.7. The van der Waals surface area contributed by atoms with E-state index in [0.717, 1.165) is 16.9 Å².